The molecule has 4 rings (SSSR count). The summed E-state index contributed by atoms with van der Waals surface area (Å²) in [6.45, 7) is 1.71. The maximum absolute atomic E-state index is 13.6. The van der Waals surface area contributed by atoms with E-state index in [9.17, 15) is 9.59 Å². The van der Waals surface area contributed by atoms with Gasteiger partial charge in [-0.05, 0) is 43.3 Å². The van der Waals surface area contributed by atoms with Crippen LogP contribution in [0.3, 0.4) is 0 Å². The van der Waals surface area contributed by atoms with Gasteiger partial charge in [-0.2, -0.15) is 0 Å². The van der Waals surface area contributed by atoms with Gasteiger partial charge in [-0.25, -0.2) is 0 Å². The highest BCUT2D eigenvalue weighted by molar-refractivity contribution is 7.95. The monoisotopic (exact) mass is 457 g/mol. The first-order valence-corrected chi connectivity index (χ1v) is 12.7. The molecule has 0 N–H and O–H groups in total. The van der Waals surface area contributed by atoms with Gasteiger partial charge in [0.15, 0.2) is 0 Å². The number of benzene rings is 3. The van der Waals surface area contributed by atoms with Crippen LogP contribution in [0, 0.1) is 0 Å². The van der Waals surface area contributed by atoms with Gasteiger partial charge in [0.05, 0.1) is 14.2 Å². The Morgan fingerprint density at radius 3 is 1.33 bits per heavy atom. The van der Waals surface area contributed by atoms with Crippen LogP contribution >= 0.6 is 7.26 Å². The van der Waals surface area contributed by atoms with E-state index in [1.807, 2.05) is 54.6 Å². The lowest BCUT2D eigenvalue weighted by molar-refractivity contribution is -0.121. The maximum Gasteiger partial charge on any atom is 0.231 e. The SMILES string of the molecule is COC1=C(OC)C(=O)C(C[P+](c2ccccc2)(c2ccccc2)c2ccccc2)=C(C)C1=O. The summed E-state index contributed by atoms with van der Waals surface area (Å²) < 4.78 is 10.6. The molecule has 0 saturated carbocycles. The van der Waals surface area contributed by atoms with Crippen LogP contribution in [-0.4, -0.2) is 31.9 Å². The van der Waals surface area contributed by atoms with E-state index >= 15 is 0 Å². The van der Waals surface area contributed by atoms with Gasteiger partial charge in [0.1, 0.15) is 29.3 Å². The van der Waals surface area contributed by atoms with Crippen LogP contribution in [-0.2, 0) is 19.1 Å². The van der Waals surface area contributed by atoms with Crippen molar-refractivity contribution in [3.8, 4) is 0 Å². The smallest absolute Gasteiger partial charge is 0.231 e. The second-order valence-electron chi connectivity index (χ2n) is 7.80. The lowest BCUT2D eigenvalue weighted by Gasteiger charge is -2.30. The van der Waals surface area contributed by atoms with Crippen molar-refractivity contribution in [1.82, 2.24) is 0 Å². The van der Waals surface area contributed by atoms with Gasteiger partial charge in [-0.3, -0.25) is 9.59 Å². The van der Waals surface area contributed by atoms with E-state index in [2.05, 4.69) is 36.4 Å². The fourth-order valence-electron chi connectivity index (χ4n) is 4.39. The molecule has 5 heteroatoms. The molecule has 0 spiro atoms. The van der Waals surface area contributed by atoms with Gasteiger partial charge < -0.3 is 9.47 Å². The molecule has 0 aromatic heterocycles. The van der Waals surface area contributed by atoms with E-state index in [-0.39, 0.29) is 23.1 Å². The summed E-state index contributed by atoms with van der Waals surface area (Å²) in [5.41, 5.74) is 0.882. The molecule has 0 aliphatic heterocycles. The third-order valence-corrected chi connectivity index (χ3v) is 10.4. The second-order valence-corrected chi connectivity index (χ2v) is 11.3. The molecular formula is C28H26O4P+. The van der Waals surface area contributed by atoms with Crippen LogP contribution in [0.2, 0.25) is 0 Å². The van der Waals surface area contributed by atoms with Crippen LogP contribution in [0.1, 0.15) is 6.92 Å². The van der Waals surface area contributed by atoms with Crippen LogP contribution in [0.25, 0.3) is 0 Å². The lowest BCUT2D eigenvalue weighted by Crippen LogP contribution is -2.36. The van der Waals surface area contributed by atoms with E-state index < -0.39 is 7.26 Å². The number of ether oxygens (including phenoxy) is 2. The molecule has 0 bridgehead atoms. The number of methoxy groups -OCH3 is 2. The predicted octanol–water partition coefficient (Wildman–Crippen LogP) is 3.95. The Hall–Kier alpha value is -3.49. The average molecular weight is 457 g/mol. The van der Waals surface area contributed by atoms with Crippen molar-refractivity contribution < 1.29 is 19.1 Å². The number of hydrogen-bond acceptors (Lipinski definition) is 4. The van der Waals surface area contributed by atoms with E-state index in [0.29, 0.717) is 17.3 Å². The summed E-state index contributed by atoms with van der Waals surface area (Å²) >= 11 is 0. The fourth-order valence-corrected chi connectivity index (χ4v) is 8.73. The van der Waals surface area contributed by atoms with Crippen molar-refractivity contribution in [2.45, 2.75) is 6.92 Å². The summed E-state index contributed by atoms with van der Waals surface area (Å²) in [5, 5.41) is 3.43. The zero-order valence-corrected chi connectivity index (χ0v) is 19.8. The van der Waals surface area contributed by atoms with Crippen LogP contribution in [0.5, 0.6) is 0 Å². The predicted molar refractivity (Wildman–Crippen MR) is 134 cm³/mol. The van der Waals surface area contributed by atoms with Gasteiger partial charge in [0, 0.05) is 11.1 Å². The lowest BCUT2D eigenvalue weighted by atomic mass is 9.94. The van der Waals surface area contributed by atoms with Crippen molar-refractivity contribution in [2.75, 3.05) is 20.4 Å². The third-order valence-electron chi connectivity index (χ3n) is 6.08. The van der Waals surface area contributed by atoms with Gasteiger partial charge in [-0.1, -0.05) is 54.6 Å². The molecule has 3 aromatic rings. The van der Waals surface area contributed by atoms with Crippen LogP contribution in [0.15, 0.2) is 114 Å². The van der Waals surface area contributed by atoms with Crippen molar-refractivity contribution in [3.63, 3.8) is 0 Å². The molecule has 0 fully saturated rings. The molecule has 33 heavy (non-hydrogen) atoms. The van der Waals surface area contributed by atoms with Crippen molar-refractivity contribution in [1.29, 1.82) is 0 Å². The number of carbonyl (C=O) groups is 2. The number of allylic oxidation sites excluding steroid dienone is 2. The Morgan fingerprint density at radius 1 is 0.606 bits per heavy atom. The van der Waals surface area contributed by atoms with Crippen molar-refractivity contribution >= 4 is 34.7 Å². The molecule has 1 aliphatic carbocycles. The van der Waals surface area contributed by atoms with E-state index in [0.717, 1.165) is 15.9 Å². The van der Waals surface area contributed by atoms with Gasteiger partial charge in [-0.15, -0.1) is 0 Å². The first kappa shape index (κ1) is 22.7. The molecule has 166 valence electrons. The number of rotatable bonds is 7. The molecule has 0 atom stereocenters. The first-order chi connectivity index (χ1) is 16.0. The minimum atomic E-state index is -2.34. The van der Waals surface area contributed by atoms with E-state index in [4.69, 9.17) is 9.47 Å². The zero-order chi connectivity index (χ0) is 23.4. The Labute approximate surface area is 194 Å². The standard InChI is InChI=1S/C28H26O4P/c1-20-24(26(30)28(32-3)27(31-2)25(20)29)19-33(21-13-7-4-8-14-21,22-15-9-5-10-16-22)23-17-11-6-12-18-23/h4-18H,19H2,1-3H3/q+1. The number of carbonyl (C=O) groups excluding carboxylic acids is 2. The molecule has 0 heterocycles. The Balaban J connectivity index is 2.00. The Bertz CT molecular complexity index is 1130. The molecule has 1 aliphatic rings. The number of Topliss-reactive ketones (excluding diaryl/α,β-unsaturated/α-hetero) is 2. The summed E-state index contributed by atoms with van der Waals surface area (Å²) in [7, 11) is 0.439. The minimum Gasteiger partial charge on any atom is -0.489 e. The largest absolute Gasteiger partial charge is 0.489 e. The quantitative estimate of drug-likeness (QED) is 0.398. The molecule has 4 nitrogen and oxygen atoms in total. The fraction of sp³-hybridized carbons (Fsp3) is 0.143. The van der Waals surface area contributed by atoms with Crippen LogP contribution in [0.4, 0.5) is 0 Å². The molecule has 0 saturated heterocycles. The highest BCUT2D eigenvalue weighted by Crippen LogP contribution is 2.57. The second kappa shape index (κ2) is 9.56. The Kier molecular flexibility index (Phi) is 6.57. The van der Waals surface area contributed by atoms with Crippen molar-refractivity contribution in [2.24, 2.45) is 0 Å². The highest BCUT2D eigenvalue weighted by atomic mass is 31.2. The summed E-state index contributed by atoms with van der Waals surface area (Å²) in [6.07, 6.45) is 0.408. The number of hydrogen-bond donors (Lipinski definition) is 0. The summed E-state index contributed by atoms with van der Waals surface area (Å²) in [5.74, 6) is -0.669. The average Bonchev–Trinajstić information content (AvgIpc) is 2.88. The summed E-state index contributed by atoms with van der Waals surface area (Å²) in [6, 6.07) is 30.8. The number of ketones is 2. The highest BCUT2D eigenvalue weighted by Gasteiger charge is 2.49. The third kappa shape index (κ3) is 3.92. The van der Waals surface area contributed by atoms with Gasteiger partial charge in [0.25, 0.3) is 0 Å². The first-order valence-electron chi connectivity index (χ1n) is 10.7. The molecule has 0 unspecified atom stereocenters. The van der Waals surface area contributed by atoms with Gasteiger partial charge in [0.2, 0.25) is 23.1 Å². The molecule has 0 amide bonds. The van der Waals surface area contributed by atoms with Gasteiger partial charge >= 0.3 is 0 Å². The maximum atomic E-state index is 13.6. The van der Waals surface area contributed by atoms with E-state index in [1.54, 1.807) is 6.92 Å². The molecule has 0 radical (unpaired) electrons. The van der Waals surface area contributed by atoms with E-state index in [1.165, 1.54) is 14.2 Å². The normalized spacial score (nSPS) is 14.5. The Morgan fingerprint density at radius 2 is 0.970 bits per heavy atom. The topological polar surface area (TPSA) is 52.6 Å². The summed E-state index contributed by atoms with van der Waals surface area (Å²) in [4.78, 5) is 26.7. The van der Waals surface area contributed by atoms with Crippen molar-refractivity contribution in [3.05, 3.63) is 114 Å². The molecular weight excluding hydrogens is 431 g/mol. The van der Waals surface area contributed by atoms with Crippen LogP contribution < -0.4 is 15.9 Å². The molecule has 3 aromatic carbocycles. The zero-order valence-electron chi connectivity index (χ0n) is 18.9. The minimum absolute atomic E-state index is 0.0321.